The summed E-state index contributed by atoms with van der Waals surface area (Å²) in [7, 11) is 0. The predicted molar refractivity (Wildman–Crippen MR) is 96.3 cm³/mol. The van der Waals surface area contributed by atoms with E-state index in [1.807, 2.05) is 0 Å². The largest absolute Gasteiger partial charge is 0.481 e. The summed E-state index contributed by atoms with van der Waals surface area (Å²) in [4.78, 5) is 49.4. The molecule has 1 unspecified atom stereocenters. The maximum atomic E-state index is 11.3. The van der Waals surface area contributed by atoms with Crippen LogP contribution in [0, 0.1) is 0 Å². The molecule has 1 rings (SSSR count). The van der Waals surface area contributed by atoms with Gasteiger partial charge in [0, 0.05) is 51.9 Å². The van der Waals surface area contributed by atoms with E-state index in [0.717, 1.165) is 0 Å². The van der Waals surface area contributed by atoms with Gasteiger partial charge in [-0.05, 0) is 0 Å². The third-order valence-electron chi connectivity index (χ3n) is 4.36. The van der Waals surface area contributed by atoms with Crippen LogP contribution in [0.15, 0.2) is 0 Å². The second-order valence-corrected chi connectivity index (χ2v) is 6.66. The second kappa shape index (κ2) is 12.2. The van der Waals surface area contributed by atoms with Crippen LogP contribution in [-0.4, -0.2) is 130 Å². The first kappa shape index (κ1) is 23.8. The number of hydrogen-bond donors (Lipinski definition) is 5. The fourth-order valence-electron chi connectivity index (χ4n) is 3.13. The molecule has 0 spiro atoms. The van der Waals surface area contributed by atoms with Crippen LogP contribution in [0.5, 0.6) is 0 Å². The van der Waals surface area contributed by atoms with Crippen LogP contribution in [0.25, 0.3) is 0 Å². The zero-order valence-electron chi connectivity index (χ0n) is 15.6. The van der Waals surface area contributed by atoms with Gasteiger partial charge in [-0.15, -0.1) is 0 Å². The van der Waals surface area contributed by atoms with Crippen molar-refractivity contribution in [2.45, 2.75) is 12.5 Å². The molecule has 1 aliphatic rings. The van der Waals surface area contributed by atoms with Gasteiger partial charge in [-0.3, -0.25) is 33.9 Å². The minimum Gasteiger partial charge on any atom is -0.481 e. The van der Waals surface area contributed by atoms with Crippen LogP contribution in [-0.2, 0) is 19.2 Å². The van der Waals surface area contributed by atoms with E-state index in [4.69, 9.17) is 15.3 Å². The molecule has 160 valence electrons. The van der Waals surface area contributed by atoms with Crippen LogP contribution in [0.4, 0.5) is 0 Å². The Morgan fingerprint density at radius 2 is 1.25 bits per heavy atom. The average Bonchev–Trinajstić information content (AvgIpc) is 2.54. The van der Waals surface area contributed by atoms with Gasteiger partial charge in [-0.2, -0.15) is 0 Å². The van der Waals surface area contributed by atoms with E-state index in [2.05, 4.69) is 5.32 Å². The lowest BCUT2D eigenvalue weighted by molar-refractivity contribution is -0.143. The zero-order chi connectivity index (χ0) is 21.1. The molecule has 12 nitrogen and oxygen atoms in total. The highest BCUT2D eigenvalue weighted by Crippen LogP contribution is 2.09. The number of rotatable bonds is 8. The average molecular weight is 404 g/mol. The van der Waals surface area contributed by atoms with Gasteiger partial charge in [0.2, 0.25) is 0 Å². The third-order valence-corrected chi connectivity index (χ3v) is 4.36. The smallest absolute Gasteiger partial charge is 0.317 e. The summed E-state index contributed by atoms with van der Waals surface area (Å²) in [5, 5.41) is 39.7. The number of carboxylic acids is 4. The number of aliphatic carboxylic acids is 4. The summed E-state index contributed by atoms with van der Waals surface area (Å²) in [5.41, 5.74) is 0. The van der Waals surface area contributed by atoms with E-state index in [-0.39, 0.29) is 45.7 Å². The molecular formula is C16H28N4O8. The molecule has 12 heteroatoms. The maximum Gasteiger partial charge on any atom is 0.317 e. The Morgan fingerprint density at radius 3 is 1.82 bits per heavy atom. The van der Waals surface area contributed by atoms with Crippen LogP contribution in [0.2, 0.25) is 0 Å². The number of nitrogens with zero attached hydrogens (tertiary/aromatic N) is 3. The van der Waals surface area contributed by atoms with E-state index in [1.165, 1.54) is 9.80 Å². The van der Waals surface area contributed by atoms with E-state index in [1.54, 1.807) is 4.90 Å². The van der Waals surface area contributed by atoms with E-state index in [9.17, 15) is 24.3 Å². The molecule has 0 amide bonds. The van der Waals surface area contributed by atoms with Gasteiger partial charge >= 0.3 is 23.9 Å². The summed E-state index contributed by atoms with van der Waals surface area (Å²) in [6.45, 7) is 1.23. The highest BCUT2D eigenvalue weighted by atomic mass is 16.4. The normalized spacial score (nSPS) is 21.4. The first-order valence-corrected chi connectivity index (χ1v) is 8.94. The highest BCUT2D eigenvalue weighted by molar-refractivity contribution is 5.70. The number of nitrogens with one attached hydrogen (secondary N) is 1. The molecule has 0 aromatic rings. The highest BCUT2D eigenvalue weighted by Gasteiger charge is 2.27. The lowest BCUT2D eigenvalue weighted by Crippen LogP contribution is -2.52. The van der Waals surface area contributed by atoms with Gasteiger partial charge in [0.25, 0.3) is 0 Å². The van der Waals surface area contributed by atoms with Crippen molar-refractivity contribution in [1.82, 2.24) is 20.0 Å². The van der Waals surface area contributed by atoms with Crippen molar-refractivity contribution >= 4 is 23.9 Å². The lowest BCUT2D eigenvalue weighted by atomic mass is 10.1. The summed E-state index contributed by atoms with van der Waals surface area (Å²) in [6.07, 6.45) is -0.331. The Labute approximate surface area is 162 Å². The Morgan fingerprint density at radius 1 is 0.714 bits per heavy atom. The van der Waals surface area contributed by atoms with Gasteiger partial charge in [-0.1, -0.05) is 0 Å². The molecular weight excluding hydrogens is 376 g/mol. The monoisotopic (exact) mass is 404 g/mol. The van der Waals surface area contributed by atoms with Crippen molar-refractivity contribution in [2.75, 3.05) is 65.4 Å². The summed E-state index contributed by atoms with van der Waals surface area (Å²) >= 11 is 0. The molecule has 0 bridgehead atoms. The number of hydrogen-bond acceptors (Lipinski definition) is 8. The number of carboxylic acid groups (broad SMARTS) is 4. The van der Waals surface area contributed by atoms with Gasteiger partial charge in [-0.25, -0.2) is 0 Å². The predicted octanol–water partition coefficient (Wildman–Crippen LogP) is -2.41. The standard InChI is InChI=1S/C16H28N4O8/c21-13(22)7-12-8-19(10-15(25)26)6-5-18(9-14(23)24)3-1-17-2-4-20(12)11-16(27)28/h12,17H,1-11H2,(H,21,22)(H,23,24)(H,25,26)(H,27,28). The zero-order valence-corrected chi connectivity index (χ0v) is 15.6. The molecule has 1 fully saturated rings. The van der Waals surface area contributed by atoms with Crippen molar-refractivity contribution in [3.63, 3.8) is 0 Å². The molecule has 1 saturated heterocycles. The Balaban J connectivity index is 3.01. The Kier molecular flexibility index (Phi) is 10.4. The maximum absolute atomic E-state index is 11.3. The van der Waals surface area contributed by atoms with Crippen LogP contribution < -0.4 is 5.32 Å². The van der Waals surface area contributed by atoms with Crippen molar-refractivity contribution in [1.29, 1.82) is 0 Å². The molecule has 0 saturated carbocycles. The Hall–Kier alpha value is -2.28. The molecule has 1 aliphatic heterocycles. The van der Waals surface area contributed by atoms with Crippen molar-refractivity contribution in [2.24, 2.45) is 0 Å². The van der Waals surface area contributed by atoms with Gasteiger partial charge in [0.15, 0.2) is 0 Å². The van der Waals surface area contributed by atoms with E-state index >= 15 is 0 Å². The van der Waals surface area contributed by atoms with E-state index in [0.29, 0.717) is 26.2 Å². The van der Waals surface area contributed by atoms with Gasteiger partial charge in [0.05, 0.1) is 26.1 Å². The minimum absolute atomic E-state index is 0.0484. The molecule has 5 N–H and O–H groups in total. The summed E-state index contributed by atoms with van der Waals surface area (Å²) in [6, 6.07) is -0.692. The molecule has 1 atom stereocenters. The number of carbonyl (C=O) groups is 4. The van der Waals surface area contributed by atoms with Crippen LogP contribution in [0.3, 0.4) is 0 Å². The van der Waals surface area contributed by atoms with Crippen molar-refractivity contribution < 1.29 is 39.6 Å². The van der Waals surface area contributed by atoms with Crippen molar-refractivity contribution in [3.8, 4) is 0 Å². The molecule has 0 radical (unpaired) electrons. The van der Waals surface area contributed by atoms with Crippen LogP contribution in [0.1, 0.15) is 6.42 Å². The summed E-state index contributed by atoms with van der Waals surface area (Å²) < 4.78 is 0. The first-order valence-electron chi connectivity index (χ1n) is 8.94. The van der Waals surface area contributed by atoms with Gasteiger partial charge in [0.1, 0.15) is 0 Å². The molecule has 0 aromatic heterocycles. The molecule has 1 heterocycles. The molecule has 0 aromatic carbocycles. The van der Waals surface area contributed by atoms with Crippen molar-refractivity contribution in [3.05, 3.63) is 0 Å². The minimum atomic E-state index is -1.11. The second-order valence-electron chi connectivity index (χ2n) is 6.66. The third kappa shape index (κ3) is 10.2. The van der Waals surface area contributed by atoms with Gasteiger partial charge < -0.3 is 25.7 Å². The first-order chi connectivity index (χ1) is 13.2. The summed E-state index contributed by atoms with van der Waals surface area (Å²) in [5.74, 6) is -4.30. The molecule has 0 aliphatic carbocycles. The lowest BCUT2D eigenvalue weighted by Gasteiger charge is -2.35. The molecule has 28 heavy (non-hydrogen) atoms. The fraction of sp³-hybridized carbons (Fsp3) is 0.750. The van der Waals surface area contributed by atoms with E-state index < -0.39 is 29.9 Å². The fourth-order valence-corrected chi connectivity index (χ4v) is 3.13. The quantitative estimate of drug-likeness (QED) is 0.291. The Bertz CT molecular complexity index is 559. The van der Waals surface area contributed by atoms with Crippen LogP contribution >= 0.6 is 0 Å². The SMILES string of the molecule is O=C(O)CC1CN(CC(=O)O)CCN(CC(=O)O)CCNCCN1CC(=O)O. The topological polar surface area (TPSA) is 171 Å².